The molecule has 0 atom stereocenters. The predicted molar refractivity (Wildman–Crippen MR) is 95.4 cm³/mol. The minimum absolute atomic E-state index is 0.149. The van der Waals surface area contributed by atoms with Crippen molar-refractivity contribution in [2.24, 2.45) is 0 Å². The third kappa shape index (κ3) is 3.26. The monoisotopic (exact) mass is 403 g/mol. The number of rotatable bonds is 3. The van der Waals surface area contributed by atoms with Gasteiger partial charge in [-0.15, -0.1) is 0 Å². The van der Waals surface area contributed by atoms with Crippen molar-refractivity contribution in [2.75, 3.05) is 5.32 Å². The van der Waals surface area contributed by atoms with Crippen LogP contribution in [0.15, 0.2) is 51.9 Å². The zero-order valence-corrected chi connectivity index (χ0v) is 14.7. The topological polar surface area (TPSA) is 105 Å². The summed E-state index contributed by atoms with van der Waals surface area (Å²) in [6.07, 6.45) is -2.50. The Kier molecular flexibility index (Phi) is 4.22. The van der Waals surface area contributed by atoms with Crippen LogP contribution in [0.2, 0.25) is 0 Å². The van der Waals surface area contributed by atoms with E-state index in [-0.39, 0.29) is 22.8 Å². The van der Waals surface area contributed by atoms with E-state index in [0.29, 0.717) is 10.3 Å². The van der Waals surface area contributed by atoms with E-state index < -0.39 is 28.9 Å². The molecular weight excluding hydrogens is 391 g/mol. The molecule has 0 unspecified atom stereocenters. The van der Waals surface area contributed by atoms with Gasteiger partial charge in [-0.1, -0.05) is 30.3 Å². The third-order valence-corrected chi connectivity index (χ3v) is 4.09. The number of benzene rings is 1. The Balaban J connectivity index is 1.87. The maximum atomic E-state index is 13.6. The predicted octanol–water partition coefficient (Wildman–Crippen LogP) is 3.26. The number of amides is 1. The van der Waals surface area contributed by atoms with Crippen LogP contribution in [0.5, 0.6) is 0 Å². The molecule has 8 nitrogen and oxygen atoms in total. The van der Waals surface area contributed by atoms with Crippen molar-refractivity contribution in [3.63, 3.8) is 0 Å². The number of carbonyl (C=O) groups excluding carboxylic acids is 1. The third-order valence-electron chi connectivity index (χ3n) is 4.09. The molecule has 0 saturated carbocycles. The van der Waals surface area contributed by atoms with Crippen molar-refractivity contribution >= 4 is 17.6 Å². The maximum Gasteiger partial charge on any atom is 0.433 e. The van der Waals surface area contributed by atoms with Gasteiger partial charge in [0, 0.05) is 6.20 Å². The molecule has 0 aliphatic carbocycles. The van der Waals surface area contributed by atoms with Crippen LogP contribution < -0.4 is 10.9 Å². The number of nitrogens with zero attached hydrogens (tertiary/aromatic N) is 3. The SMILES string of the molecule is Cc1cnc(NC(=O)c2cnc3c(-c4ccccc4)c(C(F)(F)F)[nH]n3c2=O)o1. The number of fused-ring (bicyclic) bond motifs is 1. The molecule has 1 amide bonds. The fourth-order valence-electron chi connectivity index (χ4n) is 2.83. The molecule has 11 heteroatoms. The Labute approximate surface area is 160 Å². The lowest BCUT2D eigenvalue weighted by Gasteiger charge is -2.06. The highest BCUT2D eigenvalue weighted by atomic mass is 19.4. The zero-order chi connectivity index (χ0) is 20.8. The van der Waals surface area contributed by atoms with Crippen LogP contribution in [-0.4, -0.2) is 25.5 Å². The lowest BCUT2D eigenvalue weighted by atomic mass is 10.1. The molecule has 148 valence electrons. The second kappa shape index (κ2) is 6.62. The highest BCUT2D eigenvalue weighted by Gasteiger charge is 2.38. The molecule has 0 fully saturated rings. The fraction of sp³-hybridized carbons (Fsp3) is 0.111. The highest BCUT2D eigenvalue weighted by Crippen LogP contribution is 2.37. The standard InChI is InChI=1S/C18H12F3N5O3/c1-9-7-23-17(29-9)24-15(27)11-8-22-14-12(10-5-3-2-4-6-10)13(18(19,20)21)25-26(14)16(11)28/h2-8,25H,1H3,(H,23,24,27). The average molecular weight is 403 g/mol. The van der Waals surface area contributed by atoms with Gasteiger partial charge in [-0.2, -0.15) is 17.7 Å². The molecule has 4 rings (SSSR count). The quantitative estimate of drug-likeness (QED) is 0.546. The molecule has 3 aromatic heterocycles. The number of carbonyl (C=O) groups is 1. The van der Waals surface area contributed by atoms with E-state index in [4.69, 9.17) is 4.42 Å². The summed E-state index contributed by atoms with van der Waals surface area (Å²) in [6, 6.07) is 7.57. The summed E-state index contributed by atoms with van der Waals surface area (Å²) in [4.78, 5) is 32.8. The molecule has 0 radical (unpaired) electrons. The van der Waals surface area contributed by atoms with Crippen molar-refractivity contribution in [3.8, 4) is 11.1 Å². The maximum absolute atomic E-state index is 13.6. The van der Waals surface area contributed by atoms with Gasteiger partial charge in [0.1, 0.15) is 17.0 Å². The first kappa shape index (κ1) is 18.5. The van der Waals surface area contributed by atoms with Gasteiger partial charge in [-0.25, -0.2) is 9.97 Å². The van der Waals surface area contributed by atoms with E-state index in [9.17, 15) is 22.8 Å². The van der Waals surface area contributed by atoms with Gasteiger partial charge >= 0.3 is 12.2 Å². The minimum atomic E-state index is -4.77. The largest absolute Gasteiger partial charge is 0.433 e. The van der Waals surface area contributed by atoms with E-state index in [0.717, 1.165) is 6.20 Å². The Bertz CT molecular complexity index is 1270. The number of hydrogen-bond donors (Lipinski definition) is 2. The molecule has 3 heterocycles. The van der Waals surface area contributed by atoms with Crippen molar-refractivity contribution < 1.29 is 22.4 Å². The molecule has 29 heavy (non-hydrogen) atoms. The lowest BCUT2D eigenvalue weighted by Crippen LogP contribution is -2.27. The summed E-state index contributed by atoms with van der Waals surface area (Å²) in [5.74, 6) is -0.486. The first-order valence-electron chi connectivity index (χ1n) is 8.26. The highest BCUT2D eigenvalue weighted by molar-refractivity contribution is 6.02. The normalized spacial score (nSPS) is 11.7. The van der Waals surface area contributed by atoms with E-state index in [1.54, 1.807) is 25.1 Å². The molecule has 2 N–H and O–H groups in total. The number of hydrogen-bond acceptors (Lipinski definition) is 5. The van der Waals surface area contributed by atoms with E-state index in [1.807, 2.05) is 5.10 Å². The first-order valence-corrected chi connectivity index (χ1v) is 8.26. The van der Waals surface area contributed by atoms with Gasteiger partial charge in [0.2, 0.25) is 0 Å². The van der Waals surface area contributed by atoms with Crippen molar-refractivity contribution in [2.45, 2.75) is 13.1 Å². The molecule has 0 aliphatic rings. The summed E-state index contributed by atoms with van der Waals surface area (Å²) < 4.78 is 46.4. The van der Waals surface area contributed by atoms with Crippen molar-refractivity contribution in [1.82, 2.24) is 19.6 Å². The Hall–Kier alpha value is -3.89. The molecule has 0 spiro atoms. The number of aromatic amines is 1. The van der Waals surface area contributed by atoms with Crippen LogP contribution in [0.3, 0.4) is 0 Å². The summed E-state index contributed by atoms with van der Waals surface area (Å²) in [5, 5.41) is 4.29. The Morgan fingerprint density at radius 3 is 2.52 bits per heavy atom. The second-order valence-corrected chi connectivity index (χ2v) is 6.09. The van der Waals surface area contributed by atoms with Crippen LogP contribution in [0.4, 0.5) is 19.2 Å². The van der Waals surface area contributed by atoms with Gasteiger partial charge in [0.05, 0.1) is 11.8 Å². The Morgan fingerprint density at radius 2 is 1.90 bits per heavy atom. The van der Waals surface area contributed by atoms with Crippen molar-refractivity contribution in [1.29, 1.82) is 0 Å². The van der Waals surface area contributed by atoms with Crippen LogP contribution in [0.25, 0.3) is 16.8 Å². The van der Waals surface area contributed by atoms with Crippen LogP contribution in [0.1, 0.15) is 21.8 Å². The van der Waals surface area contributed by atoms with E-state index in [1.165, 1.54) is 18.3 Å². The Morgan fingerprint density at radius 1 is 1.17 bits per heavy atom. The number of aryl methyl sites for hydroxylation is 1. The second-order valence-electron chi connectivity index (χ2n) is 6.09. The molecule has 1 aromatic carbocycles. The molecular formula is C18H12F3N5O3. The number of alkyl halides is 3. The van der Waals surface area contributed by atoms with Gasteiger partial charge in [-0.3, -0.25) is 20.0 Å². The smallest absolute Gasteiger partial charge is 0.429 e. The minimum Gasteiger partial charge on any atom is -0.429 e. The van der Waals surface area contributed by atoms with Crippen LogP contribution in [0, 0.1) is 6.92 Å². The summed E-state index contributed by atoms with van der Waals surface area (Å²) in [6.45, 7) is 1.61. The van der Waals surface area contributed by atoms with Crippen LogP contribution in [-0.2, 0) is 6.18 Å². The molecule has 0 bridgehead atoms. The first-order chi connectivity index (χ1) is 13.8. The lowest BCUT2D eigenvalue weighted by molar-refractivity contribution is -0.140. The number of aromatic nitrogens is 4. The van der Waals surface area contributed by atoms with Crippen LogP contribution >= 0.6 is 0 Å². The number of anilines is 1. The van der Waals surface area contributed by atoms with Gasteiger partial charge in [-0.05, 0) is 12.5 Å². The molecule has 4 aromatic rings. The molecule has 0 saturated heterocycles. The van der Waals surface area contributed by atoms with Crippen molar-refractivity contribution in [3.05, 3.63) is 70.1 Å². The van der Waals surface area contributed by atoms with Gasteiger partial charge in [0.15, 0.2) is 5.65 Å². The summed E-state index contributed by atoms with van der Waals surface area (Å²) >= 11 is 0. The number of halogens is 3. The summed E-state index contributed by atoms with van der Waals surface area (Å²) in [5.41, 5.74) is -2.94. The zero-order valence-electron chi connectivity index (χ0n) is 14.7. The van der Waals surface area contributed by atoms with Gasteiger partial charge < -0.3 is 4.42 Å². The number of oxazole rings is 1. The van der Waals surface area contributed by atoms with E-state index >= 15 is 0 Å². The molecule has 0 aliphatic heterocycles. The number of H-pyrrole nitrogens is 1. The van der Waals surface area contributed by atoms with E-state index in [2.05, 4.69) is 15.3 Å². The fourth-order valence-corrected chi connectivity index (χ4v) is 2.83. The average Bonchev–Trinajstić information content (AvgIpc) is 3.26. The summed E-state index contributed by atoms with van der Waals surface area (Å²) in [7, 11) is 0. The van der Waals surface area contributed by atoms with Gasteiger partial charge in [0.25, 0.3) is 11.5 Å². The number of nitrogens with one attached hydrogen (secondary N) is 2.